The molecule has 7 heteroatoms. The van der Waals surface area contributed by atoms with Crippen molar-refractivity contribution in [1.29, 1.82) is 0 Å². The van der Waals surface area contributed by atoms with Crippen LogP contribution in [-0.4, -0.2) is 38.7 Å². The molecule has 5 rings (SSSR count). The molecule has 4 heterocycles. The van der Waals surface area contributed by atoms with E-state index in [2.05, 4.69) is 59.9 Å². The van der Waals surface area contributed by atoms with Crippen molar-refractivity contribution in [3.8, 4) is 11.3 Å². The Morgan fingerprint density at radius 3 is 2.64 bits per heavy atom. The maximum absolute atomic E-state index is 13.2. The van der Waals surface area contributed by atoms with Crippen LogP contribution in [0.25, 0.3) is 22.3 Å². The maximum atomic E-state index is 13.2. The van der Waals surface area contributed by atoms with E-state index in [1.54, 1.807) is 11.3 Å². The van der Waals surface area contributed by atoms with Crippen molar-refractivity contribution in [2.75, 3.05) is 0 Å². The highest BCUT2D eigenvalue weighted by Gasteiger charge is 2.26. The number of pyridine rings is 1. The average molecular weight is 461 g/mol. The van der Waals surface area contributed by atoms with Crippen LogP contribution in [0, 0.1) is 0 Å². The number of aryl methyl sites for hydroxylation is 1. The Hall–Kier alpha value is -3.03. The standard InChI is InChI=1S/C26H28N4O2S/c1-16-10-21(11-17(2)32-16)28-26(31)23-13-20(22-8-9-30(3)25(22)29-23)12-18-4-6-19(7-5-18)24-14-33-15-27-24/h4-9,13-17,21H,10-12H2,1-3H3,(H,28,31). The normalized spacial score (nSPS) is 20.8. The molecule has 1 aromatic carbocycles. The number of benzene rings is 1. The summed E-state index contributed by atoms with van der Waals surface area (Å²) < 4.78 is 7.78. The zero-order chi connectivity index (χ0) is 22.9. The number of hydrogen-bond acceptors (Lipinski definition) is 5. The van der Waals surface area contributed by atoms with Gasteiger partial charge in [-0.1, -0.05) is 24.3 Å². The minimum atomic E-state index is -0.121. The molecule has 1 amide bonds. The van der Waals surface area contributed by atoms with E-state index in [0.717, 1.165) is 47.1 Å². The third-order valence-corrected chi connectivity index (χ3v) is 6.85. The summed E-state index contributed by atoms with van der Waals surface area (Å²) in [4.78, 5) is 22.2. The molecule has 1 aliphatic rings. The number of ether oxygens (including phenoxy) is 1. The van der Waals surface area contributed by atoms with E-state index in [1.807, 2.05) is 29.4 Å². The van der Waals surface area contributed by atoms with Gasteiger partial charge in [-0.05, 0) is 56.4 Å². The molecule has 0 spiro atoms. The van der Waals surface area contributed by atoms with Crippen LogP contribution in [0.3, 0.4) is 0 Å². The van der Waals surface area contributed by atoms with E-state index in [1.165, 1.54) is 5.56 Å². The third-order valence-electron chi connectivity index (χ3n) is 6.27. The lowest BCUT2D eigenvalue weighted by Gasteiger charge is -2.32. The van der Waals surface area contributed by atoms with Gasteiger partial charge in [-0.15, -0.1) is 11.3 Å². The molecule has 3 aromatic heterocycles. The molecule has 4 aromatic rings. The second kappa shape index (κ2) is 9.08. The molecule has 0 radical (unpaired) electrons. The fourth-order valence-corrected chi connectivity index (χ4v) is 5.27. The van der Waals surface area contributed by atoms with E-state index in [0.29, 0.717) is 5.69 Å². The second-order valence-electron chi connectivity index (χ2n) is 8.98. The Kier molecular flexibility index (Phi) is 6.00. The number of aromatic nitrogens is 3. The number of hydrogen-bond donors (Lipinski definition) is 1. The van der Waals surface area contributed by atoms with Crippen LogP contribution in [0.15, 0.2) is 53.5 Å². The zero-order valence-corrected chi connectivity index (χ0v) is 19.9. The predicted octanol–water partition coefficient (Wildman–Crippen LogP) is 4.97. The summed E-state index contributed by atoms with van der Waals surface area (Å²) in [5.41, 5.74) is 7.53. The Morgan fingerprint density at radius 2 is 1.94 bits per heavy atom. The highest BCUT2D eigenvalue weighted by molar-refractivity contribution is 7.07. The first kappa shape index (κ1) is 21.8. The number of carbonyl (C=O) groups excluding carboxylic acids is 1. The topological polar surface area (TPSA) is 69.0 Å². The highest BCUT2D eigenvalue weighted by atomic mass is 32.1. The van der Waals surface area contributed by atoms with Gasteiger partial charge in [0.05, 0.1) is 23.4 Å². The molecule has 33 heavy (non-hydrogen) atoms. The lowest BCUT2D eigenvalue weighted by Crippen LogP contribution is -2.44. The van der Waals surface area contributed by atoms with Gasteiger partial charge in [-0.25, -0.2) is 9.97 Å². The number of thiazole rings is 1. The largest absolute Gasteiger partial charge is 0.375 e. The molecule has 1 aliphatic heterocycles. The van der Waals surface area contributed by atoms with Crippen molar-refractivity contribution in [3.05, 3.63) is 70.3 Å². The first-order valence-electron chi connectivity index (χ1n) is 11.3. The molecular formula is C26H28N4O2S. The summed E-state index contributed by atoms with van der Waals surface area (Å²) in [5.74, 6) is -0.121. The van der Waals surface area contributed by atoms with Crippen LogP contribution in [0.2, 0.25) is 0 Å². The van der Waals surface area contributed by atoms with E-state index < -0.39 is 0 Å². The summed E-state index contributed by atoms with van der Waals surface area (Å²) in [5, 5.41) is 6.32. The fraction of sp³-hybridized carbons (Fsp3) is 0.346. The molecule has 1 fully saturated rings. The predicted molar refractivity (Wildman–Crippen MR) is 132 cm³/mol. The Morgan fingerprint density at radius 1 is 1.18 bits per heavy atom. The first-order valence-corrected chi connectivity index (χ1v) is 12.3. The minimum Gasteiger partial charge on any atom is -0.375 e. The van der Waals surface area contributed by atoms with Gasteiger partial charge in [0.1, 0.15) is 11.3 Å². The van der Waals surface area contributed by atoms with Gasteiger partial charge < -0.3 is 14.6 Å². The van der Waals surface area contributed by atoms with Crippen LogP contribution in [0.1, 0.15) is 48.3 Å². The minimum absolute atomic E-state index is 0.101. The van der Waals surface area contributed by atoms with Gasteiger partial charge in [0.25, 0.3) is 5.91 Å². The Labute approximate surface area is 197 Å². The van der Waals surface area contributed by atoms with Crippen LogP contribution >= 0.6 is 11.3 Å². The van der Waals surface area contributed by atoms with Gasteiger partial charge in [-0.2, -0.15) is 0 Å². The van der Waals surface area contributed by atoms with Crippen molar-refractivity contribution >= 4 is 28.3 Å². The summed E-state index contributed by atoms with van der Waals surface area (Å²) >= 11 is 1.60. The SMILES string of the molecule is CC1CC(NC(=O)c2cc(Cc3ccc(-c4cscn4)cc3)c3ccn(C)c3n2)CC(C)O1. The van der Waals surface area contributed by atoms with Crippen molar-refractivity contribution in [2.45, 2.75) is 51.4 Å². The van der Waals surface area contributed by atoms with Gasteiger partial charge in [0, 0.05) is 35.6 Å². The van der Waals surface area contributed by atoms with E-state index >= 15 is 0 Å². The quantitative estimate of drug-likeness (QED) is 0.456. The van der Waals surface area contributed by atoms with Crippen molar-refractivity contribution in [2.24, 2.45) is 7.05 Å². The van der Waals surface area contributed by atoms with E-state index in [9.17, 15) is 4.79 Å². The molecule has 170 valence electrons. The number of fused-ring (bicyclic) bond motifs is 1. The highest BCUT2D eigenvalue weighted by Crippen LogP contribution is 2.25. The smallest absolute Gasteiger partial charge is 0.270 e. The van der Waals surface area contributed by atoms with Gasteiger partial charge in [0.15, 0.2) is 0 Å². The number of rotatable bonds is 5. The van der Waals surface area contributed by atoms with Crippen LogP contribution in [0.4, 0.5) is 0 Å². The Balaban J connectivity index is 1.41. The second-order valence-corrected chi connectivity index (χ2v) is 9.70. The lowest BCUT2D eigenvalue weighted by atomic mass is 9.99. The first-order chi connectivity index (χ1) is 16.0. The van der Waals surface area contributed by atoms with Crippen LogP contribution in [0.5, 0.6) is 0 Å². The molecule has 0 saturated carbocycles. The van der Waals surface area contributed by atoms with E-state index in [-0.39, 0.29) is 24.2 Å². The summed E-state index contributed by atoms with van der Waals surface area (Å²) in [6, 6.07) is 12.6. The number of nitrogens with zero attached hydrogens (tertiary/aromatic N) is 3. The molecular weight excluding hydrogens is 432 g/mol. The maximum Gasteiger partial charge on any atom is 0.270 e. The van der Waals surface area contributed by atoms with Crippen LogP contribution < -0.4 is 5.32 Å². The molecule has 0 aliphatic carbocycles. The Bertz CT molecular complexity index is 1250. The monoisotopic (exact) mass is 460 g/mol. The van der Waals surface area contributed by atoms with Crippen molar-refractivity contribution < 1.29 is 9.53 Å². The molecule has 1 N–H and O–H groups in total. The van der Waals surface area contributed by atoms with Gasteiger partial charge >= 0.3 is 0 Å². The van der Waals surface area contributed by atoms with Crippen LogP contribution in [-0.2, 0) is 18.2 Å². The lowest BCUT2D eigenvalue weighted by molar-refractivity contribution is -0.0408. The van der Waals surface area contributed by atoms with Gasteiger partial charge in [0.2, 0.25) is 0 Å². The molecule has 2 atom stereocenters. The third kappa shape index (κ3) is 4.70. The molecule has 1 saturated heterocycles. The average Bonchev–Trinajstić information content (AvgIpc) is 3.44. The number of amides is 1. The molecule has 6 nitrogen and oxygen atoms in total. The fourth-order valence-electron chi connectivity index (χ4n) is 4.71. The summed E-state index contributed by atoms with van der Waals surface area (Å²) in [6.45, 7) is 4.11. The van der Waals surface area contributed by atoms with Crippen molar-refractivity contribution in [3.63, 3.8) is 0 Å². The van der Waals surface area contributed by atoms with Gasteiger partial charge in [-0.3, -0.25) is 4.79 Å². The summed E-state index contributed by atoms with van der Waals surface area (Å²) in [7, 11) is 1.96. The number of nitrogens with one attached hydrogen (secondary N) is 1. The molecule has 0 bridgehead atoms. The molecule has 2 unspecified atom stereocenters. The van der Waals surface area contributed by atoms with Crippen molar-refractivity contribution in [1.82, 2.24) is 19.9 Å². The zero-order valence-electron chi connectivity index (χ0n) is 19.1. The number of carbonyl (C=O) groups is 1. The summed E-state index contributed by atoms with van der Waals surface area (Å²) in [6.07, 6.45) is 4.65. The van der Waals surface area contributed by atoms with E-state index in [4.69, 9.17) is 9.72 Å².